The second-order valence-electron chi connectivity index (χ2n) is 6.74. The molecule has 0 bridgehead atoms. The lowest BCUT2D eigenvalue weighted by atomic mass is 10.1. The maximum Gasteiger partial charge on any atom is 0.252 e. The Kier molecular flexibility index (Phi) is 4.74. The first-order valence-corrected chi connectivity index (χ1v) is 9.78. The van der Waals surface area contributed by atoms with Crippen molar-refractivity contribution in [2.24, 2.45) is 0 Å². The van der Waals surface area contributed by atoms with Crippen molar-refractivity contribution in [2.45, 2.75) is 45.4 Å². The fourth-order valence-electron chi connectivity index (χ4n) is 3.40. The summed E-state index contributed by atoms with van der Waals surface area (Å²) in [5.74, 6) is -0.0980. The highest BCUT2D eigenvalue weighted by atomic mass is 32.1. The Morgan fingerprint density at radius 3 is 3.15 bits per heavy atom. The quantitative estimate of drug-likeness (QED) is 0.749. The zero-order chi connectivity index (χ0) is 18.1. The average molecular weight is 370 g/mol. The number of pyridine rings is 1. The van der Waals surface area contributed by atoms with Crippen LogP contribution in [0.4, 0.5) is 0 Å². The van der Waals surface area contributed by atoms with E-state index in [4.69, 9.17) is 4.74 Å². The molecular formula is C19H22N4O2S. The molecule has 6 nitrogen and oxygen atoms in total. The van der Waals surface area contributed by atoms with Crippen molar-refractivity contribution in [3.05, 3.63) is 45.9 Å². The monoisotopic (exact) mass is 370 g/mol. The molecule has 3 aromatic heterocycles. The molecule has 2 unspecified atom stereocenters. The molecule has 0 aliphatic carbocycles. The number of aromatic nitrogens is 3. The van der Waals surface area contributed by atoms with Crippen molar-refractivity contribution in [2.75, 3.05) is 6.61 Å². The van der Waals surface area contributed by atoms with Gasteiger partial charge in [-0.1, -0.05) is 6.07 Å². The highest BCUT2D eigenvalue weighted by Crippen LogP contribution is 2.21. The molecule has 4 rings (SSSR count). The van der Waals surface area contributed by atoms with Crippen molar-refractivity contribution in [1.82, 2.24) is 20.1 Å². The maximum atomic E-state index is 12.9. The molecule has 1 aliphatic rings. The van der Waals surface area contributed by atoms with Gasteiger partial charge in [0.25, 0.3) is 5.91 Å². The Labute approximate surface area is 156 Å². The number of amides is 1. The van der Waals surface area contributed by atoms with E-state index in [2.05, 4.69) is 21.5 Å². The third kappa shape index (κ3) is 3.37. The number of rotatable bonds is 5. The fraction of sp³-hybridized carbons (Fsp3) is 0.421. The Morgan fingerprint density at radius 2 is 2.42 bits per heavy atom. The lowest BCUT2D eigenvalue weighted by molar-refractivity contribution is 0.0713. The van der Waals surface area contributed by atoms with Crippen LogP contribution in [0, 0.1) is 6.92 Å². The first-order chi connectivity index (χ1) is 12.6. The van der Waals surface area contributed by atoms with Gasteiger partial charge >= 0.3 is 0 Å². The van der Waals surface area contributed by atoms with Crippen molar-refractivity contribution < 1.29 is 9.53 Å². The first kappa shape index (κ1) is 17.2. The Balaban J connectivity index is 1.62. The van der Waals surface area contributed by atoms with E-state index in [9.17, 15) is 4.79 Å². The highest BCUT2D eigenvalue weighted by molar-refractivity contribution is 7.09. The maximum absolute atomic E-state index is 12.9. The van der Waals surface area contributed by atoms with E-state index >= 15 is 0 Å². The van der Waals surface area contributed by atoms with Crippen LogP contribution in [0.1, 0.15) is 40.7 Å². The third-order valence-corrected chi connectivity index (χ3v) is 5.61. The lowest BCUT2D eigenvalue weighted by Gasteiger charge is -2.20. The predicted octanol–water partition coefficient (Wildman–Crippen LogP) is 3.15. The molecule has 1 aliphatic heterocycles. The molecule has 1 N–H and O–H groups in total. The fourth-order valence-corrected chi connectivity index (χ4v) is 4.09. The van der Waals surface area contributed by atoms with E-state index in [1.54, 1.807) is 17.5 Å². The number of carbonyl (C=O) groups is 1. The van der Waals surface area contributed by atoms with Gasteiger partial charge in [-0.25, -0.2) is 9.67 Å². The second kappa shape index (κ2) is 7.17. The summed E-state index contributed by atoms with van der Waals surface area (Å²) in [7, 11) is 0. The van der Waals surface area contributed by atoms with E-state index < -0.39 is 0 Å². The van der Waals surface area contributed by atoms with Crippen LogP contribution in [0.15, 0.2) is 29.8 Å². The second-order valence-corrected chi connectivity index (χ2v) is 7.78. The Morgan fingerprint density at radius 1 is 1.54 bits per heavy atom. The lowest BCUT2D eigenvalue weighted by Crippen LogP contribution is -2.40. The first-order valence-electron chi connectivity index (χ1n) is 8.90. The molecule has 0 radical (unpaired) electrons. The van der Waals surface area contributed by atoms with Crippen LogP contribution in [0.25, 0.3) is 11.0 Å². The number of carbonyl (C=O) groups excluding carboxylic acids is 1. The molecule has 0 saturated carbocycles. The minimum Gasteiger partial charge on any atom is -0.376 e. The number of nitrogens with one attached hydrogen (secondary N) is 1. The van der Waals surface area contributed by atoms with Gasteiger partial charge in [-0.3, -0.25) is 4.79 Å². The van der Waals surface area contributed by atoms with Crippen molar-refractivity contribution in [1.29, 1.82) is 0 Å². The molecule has 0 aromatic carbocycles. The molecule has 1 saturated heterocycles. The molecule has 26 heavy (non-hydrogen) atoms. The molecule has 0 spiro atoms. The molecule has 2 atom stereocenters. The molecule has 7 heteroatoms. The number of ether oxygens (including phenoxy) is 1. The summed E-state index contributed by atoms with van der Waals surface area (Å²) in [5, 5.41) is 10.4. The third-order valence-electron chi connectivity index (χ3n) is 4.75. The largest absolute Gasteiger partial charge is 0.376 e. The van der Waals surface area contributed by atoms with Gasteiger partial charge < -0.3 is 10.1 Å². The van der Waals surface area contributed by atoms with Crippen LogP contribution >= 0.6 is 11.3 Å². The van der Waals surface area contributed by atoms with Crippen LogP contribution < -0.4 is 5.32 Å². The zero-order valence-electron chi connectivity index (χ0n) is 14.9. The highest BCUT2D eigenvalue weighted by Gasteiger charge is 2.25. The van der Waals surface area contributed by atoms with E-state index in [1.807, 2.05) is 36.0 Å². The molecule has 4 heterocycles. The molecule has 1 amide bonds. The minimum atomic E-state index is -0.0980. The number of fused-ring (bicyclic) bond motifs is 1. The standard InChI is InChI=1S/C19H22N4O2S/c1-12-9-15(19(24)22-13(2)17-6-3-7-25-17)16-10-20-23(18(16)21-12)11-14-5-4-8-26-14/h4-5,8-10,13,17H,3,6-7,11H2,1-2H3,(H,22,24). The van der Waals surface area contributed by atoms with Crippen molar-refractivity contribution >= 4 is 28.3 Å². The van der Waals surface area contributed by atoms with Gasteiger partial charge in [0.05, 0.1) is 35.8 Å². The van der Waals surface area contributed by atoms with Gasteiger partial charge in [0.1, 0.15) is 0 Å². The summed E-state index contributed by atoms with van der Waals surface area (Å²) in [6.45, 7) is 5.34. The molecule has 136 valence electrons. The molecular weight excluding hydrogens is 348 g/mol. The van der Waals surface area contributed by atoms with E-state index in [1.165, 1.54) is 4.88 Å². The van der Waals surface area contributed by atoms with Gasteiger partial charge in [-0.2, -0.15) is 5.10 Å². The van der Waals surface area contributed by atoms with Gasteiger partial charge in [-0.15, -0.1) is 11.3 Å². The number of hydrogen-bond acceptors (Lipinski definition) is 5. The zero-order valence-corrected chi connectivity index (χ0v) is 15.8. The van der Waals surface area contributed by atoms with E-state index in [0.717, 1.165) is 36.2 Å². The van der Waals surface area contributed by atoms with E-state index in [-0.39, 0.29) is 18.1 Å². The van der Waals surface area contributed by atoms with Crippen LogP contribution in [0.5, 0.6) is 0 Å². The number of thiophene rings is 1. The summed E-state index contributed by atoms with van der Waals surface area (Å²) in [4.78, 5) is 18.7. The van der Waals surface area contributed by atoms with Crippen LogP contribution in [0.3, 0.4) is 0 Å². The van der Waals surface area contributed by atoms with Crippen LogP contribution in [-0.4, -0.2) is 39.4 Å². The van der Waals surface area contributed by atoms with Crippen molar-refractivity contribution in [3.8, 4) is 0 Å². The van der Waals surface area contributed by atoms with E-state index in [0.29, 0.717) is 12.1 Å². The minimum absolute atomic E-state index is 0.0188. The normalized spacial score (nSPS) is 18.3. The summed E-state index contributed by atoms with van der Waals surface area (Å²) >= 11 is 1.69. The summed E-state index contributed by atoms with van der Waals surface area (Å²) in [6.07, 6.45) is 3.88. The Bertz CT molecular complexity index is 913. The summed E-state index contributed by atoms with van der Waals surface area (Å²) in [6, 6.07) is 5.91. The van der Waals surface area contributed by atoms with Crippen LogP contribution in [-0.2, 0) is 11.3 Å². The smallest absolute Gasteiger partial charge is 0.252 e. The molecule has 1 fully saturated rings. The van der Waals surface area contributed by atoms with Crippen LogP contribution in [0.2, 0.25) is 0 Å². The number of hydrogen-bond donors (Lipinski definition) is 1. The average Bonchev–Trinajstić information content (AvgIpc) is 3.36. The SMILES string of the molecule is Cc1cc(C(=O)NC(C)C2CCCO2)c2cnn(Cc3cccs3)c2n1. The Hall–Kier alpha value is -2.25. The number of nitrogens with zero attached hydrogens (tertiary/aromatic N) is 3. The summed E-state index contributed by atoms with van der Waals surface area (Å²) in [5.41, 5.74) is 2.17. The van der Waals surface area contributed by atoms with Gasteiger partial charge in [0.2, 0.25) is 0 Å². The molecule has 3 aromatic rings. The van der Waals surface area contributed by atoms with Gasteiger partial charge in [0.15, 0.2) is 5.65 Å². The van der Waals surface area contributed by atoms with Gasteiger partial charge in [0, 0.05) is 17.2 Å². The predicted molar refractivity (Wildman–Crippen MR) is 102 cm³/mol. The van der Waals surface area contributed by atoms with Gasteiger partial charge in [-0.05, 0) is 44.2 Å². The summed E-state index contributed by atoms with van der Waals surface area (Å²) < 4.78 is 7.54. The topological polar surface area (TPSA) is 69.0 Å². The van der Waals surface area contributed by atoms with Crippen molar-refractivity contribution in [3.63, 3.8) is 0 Å². The number of aryl methyl sites for hydroxylation is 1.